The number of amides is 1. The van der Waals surface area contributed by atoms with E-state index in [9.17, 15) is 13.2 Å². The number of carbonyl (C=O) groups is 1. The Morgan fingerprint density at radius 2 is 1.83 bits per heavy atom. The molecule has 2 aromatic carbocycles. The average molecular weight is 431 g/mol. The van der Waals surface area contributed by atoms with Crippen LogP contribution in [0, 0.1) is 6.92 Å². The van der Waals surface area contributed by atoms with Crippen LogP contribution in [0.3, 0.4) is 0 Å². The summed E-state index contributed by atoms with van der Waals surface area (Å²) >= 11 is 0. The third-order valence-electron chi connectivity index (χ3n) is 5.44. The summed E-state index contributed by atoms with van der Waals surface area (Å²) in [5.41, 5.74) is 0.950. The Kier molecular flexibility index (Phi) is 5.97. The van der Waals surface area contributed by atoms with E-state index in [4.69, 9.17) is 9.47 Å². The highest BCUT2D eigenvalue weighted by Crippen LogP contribution is 2.30. The van der Waals surface area contributed by atoms with E-state index < -0.39 is 10.0 Å². The molecule has 0 bridgehead atoms. The molecule has 2 aliphatic rings. The molecule has 1 fully saturated rings. The molecule has 0 radical (unpaired) electrons. The van der Waals surface area contributed by atoms with Crippen LogP contribution in [0.1, 0.15) is 35.2 Å². The Morgan fingerprint density at radius 1 is 1.10 bits per heavy atom. The maximum absolute atomic E-state index is 13.1. The molecular weight excluding hydrogens is 404 g/mol. The van der Waals surface area contributed by atoms with Gasteiger partial charge in [-0.05, 0) is 49.6 Å². The van der Waals surface area contributed by atoms with E-state index >= 15 is 0 Å². The van der Waals surface area contributed by atoms with Gasteiger partial charge in [0.1, 0.15) is 12.7 Å². The van der Waals surface area contributed by atoms with Crippen LogP contribution in [0.15, 0.2) is 47.4 Å². The van der Waals surface area contributed by atoms with Crippen LogP contribution in [-0.2, 0) is 10.0 Å². The Morgan fingerprint density at radius 3 is 2.60 bits per heavy atom. The minimum absolute atomic E-state index is 0.197. The molecule has 0 unspecified atom stereocenters. The predicted molar refractivity (Wildman–Crippen MR) is 112 cm³/mol. The summed E-state index contributed by atoms with van der Waals surface area (Å²) in [6.45, 7) is 3.40. The highest BCUT2D eigenvalue weighted by Gasteiger charge is 2.28. The minimum Gasteiger partial charge on any atom is -0.486 e. The minimum atomic E-state index is -3.61. The Bertz CT molecular complexity index is 1030. The number of para-hydroxylation sites is 2. The van der Waals surface area contributed by atoms with Crippen molar-refractivity contribution in [1.29, 1.82) is 0 Å². The molecule has 160 valence electrons. The fraction of sp³-hybridized carbons (Fsp3) is 0.409. The number of hydrogen-bond donors (Lipinski definition) is 1. The molecule has 1 N–H and O–H groups in total. The van der Waals surface area contributed by atoms with Gasteiger partial charge in [-0.15, -0.1) is 0 Å². The lowest BCUT2D eigenvalue weighted by atomic mass is 10.1. The lowest BCUT2D eigenvalue weighted by Crippen LogP contribution is -2.40. The van der Waals surface area contributed by atoms with Crippen LogP contribution >= 0.6 is 0 Å². The standard InChI is InChI=1S/C22H26N2O5S/c1-16-9-10-17(13-21(16)30(26,27)24-11-5-2-6-12-24)22(25)23-14-18-15-28-19-7-3-4-8-20(19)29-18/h3-4,7-10,13,18H,2,5-6,11-12,14-15H2,1H3,(H,23,25)/t18-/m0/s1. The van der Waals surface area contributed by atoms with Crippen LogP contribution in [0.5, 0.6) is 11.5 Å². The number of piperidine rings is 1. The van der Waals surface area contributed by atoms with Crippen molar-refractivity contribution in [3.05, 3.63) is 53.6 Å². The zero-order valence-electron chi connectivity index (χ0n) is 17.0. The van der Waals surface area contributed by atoms with Crippen LogP contribution in [0.2, 0.25) is 0 Å². The third kappa shape index (κ3) is 4.29. The molecule has 1 amide bonds. The number of sulfonamides is 1. The van der Waals surface area contributed by atoms with E-state index in [1.165, 1.54) is 10.4 Å². The molecule has 7 nitrogen and oxygen atoms in total. The first-order chi connectivity index (χ1) is 14.4. The molecule has 1 atom stereocenters. The van der Waals surface area contributed by atoms with Crippen molar-refractivity contribution in [3.8, 4) is 11.5 Å². The van der Waals surface area contributed by atoms with Crippen molar-refractivity contribution in [3.63, 3.8) is 0 Å². The van der Waals surface area contributed by atoms with Gasteiger partial charge in [0.2, 0.25) is 10.0 Å². The summed E-state index contributed by atoms with van der Waals surface area (Å²) in [5, 5.41) is 2.82. The molecule has 8 heteroatoms. The highest BCUT2D eigenvalue weighted by atomic mass is 32.2. The second-order valence-corrected chi connectivity index (χ2v) is 9.56. The average Bonchev–Trinajstić information content (AvgIpc) is 2.78. The summed E-state index contributed by atoms with van der Waals surface area (Å²) in [6.07, 6.45) is 2.46. The van der Waals surface area contributed by atoms with E-state index in [1.54, 1.807) is 19.1 Å². The van der Waals surface area contributed by atoms with Crippen LogP contribution in [0.25, 0.3) is 0 Å². The molecule has 0 saturated carbocycles. The largest absolute Gasteiger partial charge is 0.486 e. The number of nitrogens with zero attached hydrogens (tertiary/aromatic N) is 1. The smallest absolute Gasteiger partial charge is 0.251 e. The molecule has 30 heavy (non-hydrogen) atoms. The van der Waals surface area contributed by atoms with E-state index in [1.807, 2.05) is 24.3 Å². The monoisotopic (exact) mass is 430 g/mol. The summed E-state index contributed by atoms with van der Waals surface area (Å²) in [7, 11) is -3.61. The molecule has 2 aliphatic heterocycles. The number of ether oxygens (including phenoxy) is 2. The van der Waals surface area contributed by atoms with Crippen LogP contribution < -0.4 is 14.8 Å². The number of hydrogen-bond acceptors (Lipinski definition) is 5. The van der Waals surface area contributed by atoms with Gasteiger partial charge in [0.15, 0.2) is 11.5 Å². The Labute approximate surface area is 177 Å². The fourth-order valence-electron chi connectivity index (χ4n) is 3.74. The summed E-state index contributed by atoms with van der Waals surface area (Å²) in [6, 6.07) is 12.2. The summed E-state index contributed by atoms with van der Waals surface area (Å²) in [5.74, 6) is 0.993. The normalized spacial score (nSPS) is 19.3. The van der Waals surface area contributed by atoms with Crippen molar-refractivity contribution in [1.82, 2.24) is 9.62 Å². The van der Waals surface area contributed by atoms with E-state index in [-0.39, 0.29) is 23.5 Å². The lowest BCUT2D eigenvalue weighted by molar-refractivity contribution is 0.0789. The molecule has 0 aromatic heterocycles. The first kappa shape index (κ1) is 20.7. The van der Waals surface area contributed by atoms with Crippen molar-refractivity contribution in [2.45, 2.75) is 37.2 Å². The van der Waals surface area contributed by atoms with E-state index in [0.29, 0.717) is 42.3 Å². The fourth-order valence-corrected chi connectivity index (χ4v) is 5.50. The van der Waals surface area contributed by atoms with E-state index in [2.05, 4.69) is 5.32 Å². The van der Waals surface area contributed by atoms with Crippen LogP contribution in [-0.4, -0.2) is 51.0 Å². The summed E-state index contributed by atoms with van der Waals surface area (Å²) in [4.78, 5) is 12.9. The molecule has 0 aliphatic carbocycles. The lowest BCUT2D eigenvalue weighted by Gasteiger charge is -2.27. The highest BCUT2D eigenvalue weighted by molar-refractivity contribution is 7.89. The topological polar surface area (TPSA) is 84.9 Å². The zero-order valence-corrected chi connectivity index (χ0v) is 17.8. The van der Waals surface area contributed by atoms with Gasteiger partial charge in [-0.25, -0.2) is 8.42 Å². The maximum Gasteiger partial charge on any atom is 0.251 e. The number of benzene rings is 2. The number of nitrogens with one attached hydrogen (secondary N) is 1. The SMILES string of the molecule is Cc1ccc(C(=O)NC[C@H]2COc3ccccc3O2)cc1S(=O)(=O)N1CCCCC1. The van der Waals surface area contributed by atoms with Crippen molar-refractivity contribution >= 4 is 15.9 Å². The second-order valence-electron chi connectivity index (χ2n) is 7.65. The quantitative estimate of drug-likeness (QED) is 0.789. The number of carbonyl (C=O) groups excluding carboxylic acids is 1. The van der Waals surface area contributed by atoms with Crippen molar-refractivity contribution in [2.24, 2.45) is 0 Å². The summed E-state index contributed by atoms with van der Waals surface area (Å²) < 4.78 is 39.2. The predicted octanol–water partition coefficient (Wildman–Crippen LogP) is 2.74. The number of aryl methyl sites for hydroxylation is 1. The molecule has 0 spiro atoms. The van der Waals surface area contributed by atoms with Gasteiger partial charge in [-0.2, -0.15) is 4.31 Å². The maximum atomic E-state index is 13.1. The van der Waals surface area contributed by atoms with Gasteiger partial charge < -0.3 is 14.8 Å². The number of fused-ring (bicyclic) bond motifs is 1. The first-order valence-electron chi connectivity index (χ1n) is 10.2. The van der Waals surface area contributed by atoms with Gasteiger partial charge in [0, 0.05) is 18.7 Å². The molecular formula is C22H26N2O5S. The number of rotatable bonds is 5. The van der Waals surface area contributed by atoms with E-state index in [0.717, 1.165) is 19.3 Å². The molecule has 1 saturated heterocycles. The van der Waals surface area contributed by atoms with Gasteiger partial charge in [0.05, 0.1) is 11.4 Å². The Balaban J connectivity index is 1.44. The third-order valence-corrected chi connectivity index (χ3v) is 7.48. The van der Waals surface area contributed by atoms with Gasteiger partial charge in [-0.3, -0.25) is 4.79 Å². The molecule has 2 heterocycles. The van der Waals surface area contributed by atoms with Crippen molar-refractivity contribution in [2.75, 3.05) is 26.2 Å². The zero-order chi connectivity index (χ0) is 21.1. The molecule has 2 aromatic rings. The van der Waals surface area contributed by atoms with Crippen LogP contribution in [0.4, 0.5) is 0 Å². The molecule has 4 rings (SSSR count). The first-order valence-corrected chi connectivity index (χ1v) is 11.7. The van der Waals surface area contributed by atoms with Gasteiger partial charge >= 0.3 is 0 Å². The van der Waals surface area contributed by atoms with Gasteiger partial charge in [0.25, 0.3) is 5.91 Å². The van der Waals surface area contributed by atoms with Gasteiger partial charge in [-0.1, -0.05) is 24.6 Å². The van der Waals surface area contributed by atoms with Crippen molar-refractivity contribution < 1.29 is 22.7 Å². The second kappa shape index (κ2) is 8.65. The Hall–Kier alpha value is -2.58.